The third-order valence-electron chi connectivity index (χ3n) is 4.46. The second-order valence-corrected chi connectivity index (χ2v) is 7.97. The van der Waals surface area contributed by atoms with Crippen molar-refractivity contribution in [2.24, 2.45) is 5.92 Å². The molecule has 1 rings (SSSR count). The van der Waals surface area contributed by atoms with Crippen molar-refractivity contribution < 1.29 is 8.42 Å². The summed E-state index contributed by atoms with van der Waals surface area (Å²) in [4.78, 5) is 2.34. The molecule has 5 heteroatoms. The van der Waals surface area contributed by atoms with E-state index in [1.165, 1.54) is 6.26 Å². The maximum absolute atomic E-state index is 11.5. The molecule has 0 spiro atoms. The Balaban J connectivity index is 2.72. The van der Waals surface area contributed by atoms with Crippen molar-refractivity contribution >= 4 is 10.0 Å². The summed E-state index contributed by atoms with van der Waals surface area (Å²) in [7, 11) is -0.920. The minimum absolute atomic E-state index is 0.0954. The number of sulfonamides is 1. The van der Waals surface area contributed by atoms with E-state index < -0.39 is 10.0 Å². The van der Waals surface area contributed by atoms with Gasteiger partial charge in [-0.25, -0.2) is 12.7 Å². The molecule has 0 aliphatic carbocycles. The summed E-state index contributed by atoms with van der Waals surface area (Å²) in [5, 5.41) is 0. The van der Waals surface area contributed by atoms with Gasteiger partial charge in [-0.2, -0.15) is 0 Å². The van der Waals surface area contributed by atoms with Crippen LogP contribution in [0.25, 0.3) is 0 Å². The quantitative estimate of drug-likeness (QED) is 0.768. The first-order valence-corrected chi connectivity index (χ1v) is 8.09. The molecule has 0 amide bonds. The van der Waals surface area contributed by atoms with Gasteiger partial charge in [0.15, 0.2) is 0 Å². The van der Waals surface area contributed by atoms with Crippen LogP contribution in [0.1, 0.15) is 34.1 Å². The number of rotatable bonds is 4. The summed E-state index contributed by atoms with van der Waals surface area (Å²) in [5.41, 5.74) is 0.0954. The van der Waals surface area contributed by atoms with Gasteiger partial charge in [0, 0.05) is 24.7 Å². The minimum Gasteiger partial charge on any atom is -0.297 e. The molecule has 1 aliphatic rings. The second-order valence-electron chi connectivity index (χ2n) is 5.98. The molecule has 1 heterocycles. The van der Waals surface area contributed by atoms with E-state index >= 15 is 0 Å². The average Bonchev–Trinajstić information content (AvgIpc) is 2.63. The van der Waals surface area contributed by atoms with Crippen molar-refractivity contribution in [3.05, 3.63) is 0 Å². The zero-order valence-corrected chi connectivity index (χ0v) is 12.7. The maximum atomic E-state index is 11.5. The van der Waals surface area contributed by atoms with Crippen LogP contribution < -0.4 is 0 Å². The van der Waals surface area contributed by atoms with Gasteiger partial charge in [-0.15, -0.1) is 0 Å². The van der Waals surface area contributed by atoms with Gasteiger partial charge in [-0.05, 0) is 33.2 Å². The Hall–Kier alpha value is -0.130. The van der Waals surface area contributed by atoms with E-state index in [0.29, 0.717) is 25.0 Å². The predicted octanol–water partition coefficient (Wildman–Crippen LogP) is 1.39. The summed E-state index contributed by atoms with van der Waals surface area (Å²) in [6, 6.07) is 0.335. The standard InChI is InChI=1S/C12H26N2O2S/c1-10(2)12(3,4)13(5)11-7-8-14(9-11)17(6,15)16/h10-11H,7-9H2,1-6H3/t11-/m1/s1. The number of likely N-dealkylation sites (N-methyl/N-ethyl adjacent to an activating group) is 1. The van der Waals surface area contributed by atoms with Crippen LogP contribution in [-0.4, -0.2) is 55.6 Å². The zero-order chi connectivity index (χ0) is 13.4. The predicted molar refractivity (Wildman–Crippen MR) is 71.5 cm³/mol. The van der Waals surface area contributed by atoms with Gasteiger partial charge in [0.25, 0.3) is 0 Å². The van der Waals surface area contributed by atoms with Crippen molar-refractivity contribution in [1.82, 2.24) is 9.21 Å². The van der Waals surface area contributed by atoms with Crippen LogP contribution in [0.4, 0.5) is 0 Å². The molecule has 0 aromatic carbocycles. The maximum Gasteiger partial charge on any atom is 0.211 e. The smallest absolute Gasteiger partial charge is 0.211 e. The highest BCUT2D eigenvalue weighted by atomic mass is 32.2. The zero-order valence-electron chi connectivity index (χ0n) is 11.9. The molecule has 0 N–H and O–H groups in total. The SMILES string of the molecule is CC(C)C(C)(C)N(C)[C@@H]1CCN(S(C)(=O)=O)C1. The number of nitrogens with zero attached hydrogens (tertiary/aromatic N) is 2. The molecule has 1 atom stereocenters. The van der Waals surface area contributed by atoms with Crippen molar-refractivity contribution in [2.75, 3.05) is 26.4 Å². The van der Waals surface area contributed by atoms with E-state index in [9.17, 15) is 8.42 Å². The molecule has 1 aliphatic heterocycles. The largest absolute Gasteiger partial charge is 0.297 e. The highest BCUT2D eigenvalue weighted by Crippen LogP contribution is 2.28. The lowest BCUT2D eigenvalue weighted by Gasteiger charge is -2.42. The second kappa shape index (κ2) is 4.86. The fourth-order valence-corrected chi connectivity index (χ4v) is 3.09. The molecular weight excluding hydrogens is 236 g/mol. The Morgan fingerprint density at radius 2 is 1.88 bits per heavy atom. The molecule has 0 saturated carbocycles. The summed E-state index contributed by atoms with van der Waals surface area (Å²) < 4.78 is 24.6. The summed E-state index contributed by atoms with van der Waals surface area (Å²) in [6.07, 6.45) is 2.22. The molecular formula is C12H26N2O2S. The third-order valence-corrected chi connectivity index (χ3v) is 5.73. The van der Waals surface area contributed by atoms with E-state index in [1.807, 2.05) is 0 Å². The van der Waals surface area contributed by atoms with Crippen molar-refractivity contribution in [2.45, 2.75) is 45.7 Å². The molecule has 0 bridgehead atoms. The normalized spacial score (nSPS) is 23.9. The Morgan fingerprint density at radius 3 is 2.24 bits per heavy atom. The van der Waals surface area contributed by atoms with Gasteiger partial charge in [-0.1, -0.05) is 13.8 Å². The van der Waals surface area contributed by atoms with Crippen LogP contribution >= 0.6 is 0 Å². The lowest BCUT2D eigenvalue weighted by Crippen LogP contribution is -2.51. The first-order chi connectivity index (χ1) is 7.56. The highest BCUT2D eigenvalue weighted by molar-refractivity contribution is 7.88. The topological polar surface area (TPSA) is 40.6 Å². The van der Waals surface area contributed by atoms with Gasteiger partial charge in [0.1, 0.15) is 0 Å². The van der Waals surface area contributed by atoms with E-state index in [0.717, 1.165) is 6.42 Å². The van der Waals surface area contributed by atoms with E-state index in [-0.39, 0.29) is 5.54 Å². The molecule has 17 heavy (non-hydrogen) atoms. The van der Waals surface area contributed by atoms with Crippen LogP contribution in [0.3, 0.4) is 0 Å². The van der Waals surface area contributed by atoms with E-state index in [1.54, 1.807) is 4.31 Å². The summed E-state index contributed by atoms with van der Waals surface area (Å²) in [5.74, 6) is 0.541. The highest BCUT2D eigenvalue weighted by Gasteiger charge is 2.37. The number of hydrogen-bond donors (Lipinski definition) is 0. The van der Waals surface area contributed by atoms with E-state index in [2.05, 4.69) is 39.6 Å². The molecule has 4 nitrogen and oxygen atoms in total. The van der Waals surface area contributed by atoms with Crippen LogP contribution in [0.5, 0.6) is 0 Å². The monoisotopic (exact) mass is 262 g/mol. The fraction of sp³-hybridized carbons (Fsp3) is 1.00. The fourth-order valence-electron chi connectivity index (χ4n) is 2.21. The third kappa shape index (κ3) is 3.20. The lowest BCUT2D eigenvalue weighted by molar-refractivity contribution is 0.0667. The van der Waals surface area contributed by atoms with Gasteiger partial charge >= 0.3 is 0 Å². The minimum atomic E-state index is -3.03. The average molecular weight is 262 g/mol. The van der Waals surface area contributed by atoms with Crippen LogP contribution in [0.15, 0.2) is 0 Å². The summed E-state index contributed by atoms with van der Waals surface area (Å²) in [6.45, 7) is 10.1. The van der Waals surface area contributed by atoms with Crippen LogP contribution in [0.2, 0.25) is 0 Å². The van der Waals surface area contributed by atoms with Crippen molar-refractivity contribution in [3.63, 3.8) is 0 Å². The first kappa shape index (κ1) is 14.9. The first-order valence-electron chi connectivity index (χ1n) is 6.25. The molecule has 0 radical (unpaired) electrons. The lowest BCUT2D eigenvalue weighted by atomic mass is 9.88. The van der Waals surface area contributed by atoms with E-state index in [4.69, 9.17) is 0 Å². The van der Waals surface area contributed by atoms with Gasteiger partial charge in [0.05, 0.1) is 6.26 Å². The van der Waals surface area contributed by atoms with Gasteiger partial charge < -0.3 is 0 Å². The Morgan fingerprint density at radius 1 is 1.35 bits per heavy atom. The molecule has 1 fully saturated rings. The van der Waals surface area contributed by atoms with Crippen LogP contribution in [0, 0.1) is 5.92 Å². The van der Waals surface area contributed by atoms with Crippen molar-refractivity contribution in [1.29, 1.82) is 0 Å². The van der Waals surface area contributed by atoms with Gasteiger partial charge in [0.2, 0.25) is 10.0 Å². The Labute approximate surface area is 106 Å². The number of hydrogen-bond acceptors (Lipinski definition) is 3. The van der Waals surface area contributed by atoms with Crippen LogP contribution in [-0.2, 0) is 10.0 Å². The molecule has 0 aromatic heterocycles. The molecule has 0 unspecified atom stereocenters. The Bertz CT molecular complexity index is 363. The molecule has 1 saturated heterocycles. The van der Waals surface area contributed by atoms with Gasteiger partial charge in [-0.3, -0.25) is 4.90 Å². The summed E-state index contributed by atoms with van der Waals surface area (Å²) >= 11 is 0. The van der Waals surface area contributed by atoms with Crippen molar-refractivity contribution in [3.8, 4) is 0 Å². The molecule has 102 valence electrons. The Kier molecular flexibility index (Phi) is 4.27. The molecule has 0 aromatic rings.